The van der Waals surface area contributed by atoms with Gasteiger partial charge in [-0.05, 0) is 31.2 Å². The van der Waals surface area contributed by atoms with Crippen molar-refractivity contribution >= 4 is 0 Å². The zero-order valence-corrected chi connectivity index (χ0v) is 10.7. The van der Waals surface area contributed by atoms with E-state index in [2.05, 4.69) is 5.32 Å². The average molecular weight is 257 g/mol. The maximum Gasteiger partial charge on any atom is 0.165 e. The Balaban J connectivity index is 2.67. The Morgan fingerprint density at radius 1 is 1.44 bits per heavy atom. The van der Waals surface area contributed by atoms with Crippen LogP contribution in [0, 0.1) is 5.82 Å². The van der Waals surface area contributed by atoms with Gasteiger partial charge < -0.3 is 20.3 Å². The molecule has 4 nitrogen and oxygen atoms in total. The van der Waals surface area contributed by atoms with Crippen molar-refractivity contribution in [1.29, 1.82) is 0 Å². The van der Waals surface area contributed by atoms with Gasteiger partial charge in [0, 0.05) is 6.04 Å². The Hall–Kier alpha value is -1.17. The van der Waals surface area contributed by atoms with Crippen molar-refractivity contribution < 1.29 is 19.3 Å². The zero-order valence-electron chi connectivity index (χ0n) is 10.7. The van der Waals surface area contributed by atoms with Gasteiger partial charge in [-0.3, -0.25) is 0 Å². The summed E-state index contributed by atoms with van der Waals surface area (Å²) in [5, 5.41) is 20.9. The number of ether oxygens (including phenoxy) is 1. The number of aliphatic hydroxyl groups excluding tert-OH is 2. The quantitative estimate of drug-likeness (QED) is 0.687. The molecule has 0 fully saturated rings. The van der Waals surface area contributed by atoms with Crippen LogP contribution in [0.3, 0.4) is 0 Å². The Labute approximate surface area is 106 Å². The predicted octanol–water partition coefficient (Wildman–Crippen LogP) is 1.23. The summed E-state index contributed by atoms with van der Waals surface area (Å²) < 4.78 is 18.8. The van der Waals surface area contributed by atoms with Crippen LogP contribution in [0.2, 0.25) is 0 Å². The van der Waals surface area contributed by atoms with E-state index in [1.165, 1.54) is 12.1 Å². The average Bonchev–Trinajstić information content (AvgIpc) is 2.37. The van der Waals surface area contributed by atoms with Crippen molar-refractivity contribution in [2.45, 2.75) is 26.0 Å². The summed E-state index contributed by atoms with van der Waals surface area (Å²) in [5.41, 5.74) is 0.837. The van der Waals surface area contributed by atoms with E-state index in [9.17, 15) is 4.39 Å². The number of benzene rings is 1. The molecule has 0 bridgehead atoms. The lowest BCUT2D eigenvalue weighted by Crippen LogP contribution is -2.21. The molecule has 18 heavy (non-hydrogen) atoms. The summed E-state index contributed by atoms with van der Waals surface area (Å²) in [5.74, 6) is -0.391. The van der Waals surface area contributed by atoms with Gasteiger partial charge in [-0.2, -0.15) is 0 Å². The molecular weight excluding hydrogens is 237 g/mol. The fourth-order valence-corrected chi connectivity index (χ4v) is 1.57. The molecule has 102 valence electrons. The fraction of sp³-hybridized carbons (Fsp3) is 0.538. The van der Waals surface area contributed by atoms with Gasteiger partial charge in [0.1, 0.15) is 12.7 Å². The van der Waals surface area contributed by atoms with Crippen molar-refractivity contribution in [2.75, 3.05) is 19.8 Å². The van der Waals surface area contributed by atoms with Crippen LogP contribution in [0.4, 0.5) is 4.39 Å². The molecule has 0 amide bonds. The molecule has 0 radical (unpaired) electrons. The highest BCUT2D eigenvalue weighted by atomic mass is 19.1. The largest absolute Gasteiger partial charge is 0.488 e. The molecule has 2 unspecified atom stereocenters. The van der Waals surface area contributed by atoms with Crippen LogP contribution in [0.25, 0.3) is 0 Å². The van der Waals surface area contributed by atoms with E-state index in [0.717, 1.165) is 12.1 Å². The van der Waals surface area contributed by atoms with Crippen LogP contribution in [-0.4, -0.2) is 36.1 Å². The van der Waals surface area contributed by atoms with Gasteiger partial charge in [0.15, 0.2) is 11.6 Å². The molecular formula is C13H20FNO3. The molecule has 3 N–H and O–H groups in total. The molecule has 0 aliphatic carbocycles. The first kappa shape index (κ1) is 14.9. The number of hydrogen-bond acceptors (Lipinski definition) is 4. The highest BCUT2D eigenvalue weighted by molar-refractivity contribution is 5.30. The Kier molecular flexibility index (Phi) is 6.04. The van der Waals surface area contributed by atoms with E-state index >= 15 is 0 Å². The molecule has 1 rings (SSSR count). The van der Waals surface area contributed by atoms with E-state index in [1.54, 1.807) is 6.07 Å². The van der Waals surface area contributed by atoms with E-state index in [1.807, 2.05) is 13.8 Å². The summed E-state index contributed by atoms with van der Waals surface area (Å²) in [7, 11) is 0. The number of rotatable bonds is 7. The predicted molar refractivity (Wildman–Crippen MR) is 67.1 cm³/mol. The molecule has 0 saturated carbocycles. The van der Waals surface area contributed by atoms with Crippen LogP contribution in [-0.2, 0) is 0 Å². The third-order valence-electron chi connectivity index (χ3n) is 2.61. The number of aliphatic hydroxyl groups is 2. The van der Waals surface area contributed by atoms with Crippen molar-refractivity contribution in [3.8, 4) is 5.75 Å². The van der Waals surface area contributed by atoms with Gasteiger partial charge >= 0.3 is 0 Å². The van der Waals surface area contributed by atoms with Gasteiger partial charge in [0.05, 0.1) is 6.61 Å². The van der Waals surface area contributed by atoms with Gasteiger partial charge in [0.25, 0.3) is 0 Å². The summed E-state index contributed by atoms with van der Waals surface area (Å²) in [6, 6.07) is 4.79. The Morgan fingerprint density at radius 2 is 2.17 bits per heavy atom. The van der Waals surface area contributed by atoms with Crippen LogP contribution in [0.1, 0.15) is 25.5 Å². The summed E-state index contributed by atoms with van der Waals surface area (Å²) in [4.78, 5) is 0. The topological polar surface area (TPSA) is 61.7 Å². The number of hydrogen-bond donors (Lipinski definition) is 3. The van der Waals surface area contributed by atoms with E-state index in [4.69, 9.17) is 14.9 Å². The van der Waals surface area contributed by atoms with Gasteiger partial charge in [-0.15, -0.1) is 0 Å². The third kappa shape index (κ3) is 4.25. The molecule has 5 heteroatoms. The number of halogens is 1. The van der Waals surface area contributed by atoms with Crippen molar-refractivity contribution in [3.05, 3.63) is 29.6 Å². The van der Waals surface area contributed by atoms with Crippen LogP contribution in [0.15, 0.2) is 18.2 Å². The standard InChI is InChI=1S/C13H20FNO3/c1-3-15-9(2)10-4-5-13(12(14)6-10)18-8-11(17)7-16/h4-6,9,11,15-17H,3,7-8H2,1-2H3. The third-order valence-corrected chi connectivity index (χ3v) is 2.61. The summed E-state index contributed by atoms with van der Waals surface area (Å²) in [6.45, 7) is 4.21. The first-order valence-corrected chi connectivity index (χ1v) is 6.03. The number of nitrogens with one attached hydrogen (secondary N) is 1. The molecule has 1 aromatic carbocycles. The summed E-state index contributed by atoms with van der Waals surface area (Å²) in [6.07, 6.45) is -0.996. The highest BCUT2D eigenvalue weighted by Gasteiger charge is 2.10. The van der Waals surface area contributed by atoms with Gasteiger partial charge in [0.2, 0.25) is 0 Å². The van der Waals surface area contributed by atoms with Crippen molar-refractivity contribution in [3.63, 3.8) is 0 Å². The van der Waals surface area contributed by atoms with Crippen LogP contribution in [0.5, 0.6) is 5.75 Å². The monoisotopic (exact) mass is 257 g/mol. The van der Waals surface area contributed by atoms with E-state index in [0.29, 0.717) is 0 Å². The van der Waals surface area contributed by atoms with Gasteiger partial charge in [-0.25, -0.2) is 4.39 Å². The van der Waals surface area contributed by atoms with Crippen LogP contribution < -0.4 is 10.1 Å². The molecule has 0 spiro atoms. The minimum atomic E-state index is -0.996. The minimum Gasteiger partial charge on any atom is -0.488 e. The SMILES string of the molecule is CCNC(C)c1ccc(OCC(O)CO)c(F)c1. The van der Waals surface area contributed by atoms with E-state index < -0.39 is 18.5 Å². The lowest BCUT2D eigenvalue weighted by Gasteiger charge is -2.15. The maximum atomic E-state index is 13.7. The van der Waals surface area contributed by atoms with Crippen molar-refractivity contribution in [2.24, 2.45) is 0 Å². The second-order valence-corrected chi connectivity index (χ2v) is 4.12. The molecule has 0 aliphatic rings. The Morgan fingerprint density at radius 3 is 2.72 bits per heavy atom. The minimum absolute atomic E-state index is 0.0709. The second kappa shape index (κ2) is 7.31. The molecule has 0 saturated heterocycles. The smallest absolute Gasteiger partial charge is 0.165 e. The lowest BCUT2D eigenvalue weighted by molar-refractivity contribution is 0.0523. The second-order valence-electron chi connectivity index (χ2n) is 4.12. The first-order chi connectivity index (χ1) is 8.58. The molecule has 1 aromatic rings. The highest BCUT2D eigenvalue weighted by Crippen LogP contribution is 2.22. The molecule has 0 aliphatic heterocycles. The normalized spacial score (nSPS) is 14.3. The lowest BCUT2D eigenvalue weighted by atomic mass is 10.1. The Bertz CT molecular complexity index is 373. The summed E-state index contributed by atoms with van der Waals surface area (Å²) >= 11 is 0. The molecule has 0 heterocycles. The van der Waals surface area contributed by atoms with E-state index in [-0.39, 0.29) is 18.4 Å². The van der Waals surface area contributed by atoms with Gasteiger partial charge in [-0.1, -0.05) is 13.0 Å². The zero-order chi connectivity index (χ0) is 13.5. The molecule has 0 aromatic heterocycles. The van der Waals surface area contributed by atoms with Crippen molar-refractivity contribution in [1.82, 2.24) is 5.32 Å². The van der Waals surface area contributed by atoms with Crippen LogP contribution >= 0.6 is 0 Å². The fourth-order valence-electron chi connectivity index (χ4n) is 1.57. The first-order valence-electron chi connectivity index (χ1n) is 6.03. The maximum absolute atomic E-state index is 13.7. The molecule has 2 atom stereocenters.